The van der Waals surface area contributed by atoms with E-state index >= 15 is 0 Å². The SMILES string of the molecule is C[C@H](OC(=O)NCc1ccccn1)[C@H]1NC(=O)[C@@H]1[C@@H](C)OC1CCCCO1. The van der Waals surface area contributed by atoms with Gasteiger partial charge in [0, 0.05) is 12.8 Å². The van der Waals surface area contributed by atoms with E-state index < -0.39 is 12.2 Å². The molecule has 0 aliphatic carbocycles. The van der Waals surface area contributed by atoms with Gasteiger partial charge >= 0.3 is 6.09 Å². The lowest BCUT2D eigenvalue weighted by Gasteiger charge is -2.43. The fourth-order valence-corrected chi connectivity index (χ4v) is 3.42. The topological polar surface area (TPSA) is 98.8 Å². The summed E-state index contributed by atoms with van der Waals surface area (Å²) in [5.74, 6) is -0.457. The first-order valence-corrected chi connectivity index (χ1v) is 9.46. The van der Waals surface area contributed by atoms with E-state index in [1.54, 1.807) is 13.1 Å². The molecule has 2 amide bonds. The Kier molecular flexibility index (Phi) is 6.63. The van der Waals surface area contributed by atoms with Gasteiger partial charge in [-0.2, -0.15) is 0 Å². The van der Waals surface area contributed by atoms with Crippen LogP contribution < -0.4 is 10.6 Å². The molecule has 2 saturated heterocycles. The van der Waals surface area contributed by atoms with Gasteiger partial charge in [0.25, 0.3) is 0 Å². The van der Waals surface area contributed by atoms with Gasteiger partial charge in [-0.05, 0) is 45.2 Å². The van der Waals surface area contributed by atoms with Crippen LogP contribution in [0.2, 0.25) is 0 Å². The van der Waals surface area contributed by atoms with Crippen molar-refractivity contribution in [1.82, 2.24) is 15.6 Å². The maximum atomic E-state index is 12.0. The highest BCUT2D eigenvalue weighted by molar-refractivity contribution is 5.86. The number of ether oxygens (including phenoxy) is 3. The molecule has 5 atom stereocenters. The highest BCUT2D eigenvalue weighted by Gasteiger charge is 2.48. The minimum atomic E-state index is -0.544. The van der Waals surface area contributed by atoms with Crippen LogP contribution in [0, 0.1) is 5.92 Å². The molecule has 148 valence electrons. The summed E-state index contributed by atoms with van der Waals surface area (Å²) < 4.78 is 16.9. The first-order valence-electron chi connectivity index (χ1n) is 9.46. The number of amides is 2. The number of alkyl carbamates (subject to hydrolysis) is 1. The third kappa shape index (κ3) is 5.17. The minimum Gasteiger partial charge on any atom is -0.444 e. The van der Waals surface area contributed by atoms with Crippen LogP contribution in [0.1, 0.15) is 38.8 Å². The Balaban J connectivity index is 1.46. The molecule has 1 aromatic heterocycles. The van der Waals surface area contributed by atoms with Crippen LogP contribution in [0.25, 0.3) is 0 Å². The molecule has 2 fully saturated rings. The van der Waals surface area contributed by atoms with E-state index in [0.29, 0.717) is 6.61 Å². The Morgan fingerprint density at radius 3 is 2.89 bits per heavy atom. The van der Waals surface area contributed by atoms with Crippen LogP contribution in [-0.2, 0) is 25.5 Å². The maximum absolute atomic E-state index is 12.0. The monoisotopic (exact) mass is 377 g/mol. The number of pyridine rings is 1. The van der Waals surface area contributed by atoms with Crippen molar-refractivity contribution in [1.29, 1.82) is 0 Å². The summed E-state index contributed by atoms with van der Waals surface area (Å²) in [4.78, 5) is 28.2. The number of aromatic nitrogens is 1. The Hall–Kier alpha value is -2.19. The zero-order valence-corrected chi connectivity index (χ0v) is 15.7. The molecule has 8 heteroatoms. The largest absolute Gasteiger partial charge is 0.444 e. The van der Waals surface area contributed by atoms with E-state index in [-0.39, 0.29) is 36.8 Å². The highest BCUT2D eigenvalue weighted by atomic mass is 16.7. The smallest absolute Gasteiger partial charge is 0.407 e. The molecule has 0 radical (unpaired) electrons. The molecule has 2 aliphatic heterocycles. The second-order valence-electron chi connectivity index (χ2n) is 6.98. The van der Waals surface area contributed by atoms with Crippen LogP contribution in [0.5, 0.6) is 0 Å². The van der Waals surface area contributed by atoms with Gasteiger partial charge in [0.05, 0.1) is 30.3 Å². The second kappa shape index (κ2) is 9.14. The minimum absolute atomic E-state index is 0.0901. The standard InChI is InChI=1S/C19H27N3O5/c1-12(26-15-8-4-6-10-25-15)16-17(22-18(16)23)13(2)27-19(24)21-11-14-7-3-5-9-20-14/h3,5,7,9,12-13,15-17H,4,6,8,10-11H2,1-2H3,(H,21,24)(H,22,23)/t12-,13+,15?,16-,17-/m1/s1. The van der Waals surface area contributed by atoms with E-state index in [2.05, 4.69) is 15.6 Å². The molecule has 3 rings (SSSR count). The van der Waals surface area contributed by atoms with Gasteiger partial charge in [-0.3, -0.25) is 9.78 Å². The van der Waals surface area contributed by atoms with Gasteiger partial charge in [-0.25, -0.2) is 4.79 Å². The average Bonchev–Trinajstić information content (AvgIpc) is 2.65. The number of β-lactam (4-membered cyclic amide) rings is 1. The zero-order chi connectivity index (χ0) is 19.2. The van der Waals surface area contributed by atoms with Gasteiger partial charge in [0.2, 0.25) is 5.91 Å². The number of nitrogens with one attached hydrogen (secondary N) is 2. The molecule has 2 aliphatic rings. The molecule has 2 N–H and O–H groups in total. The summed E-state index contributed by atoms with van der Waals surface area (Å²) in [6, 6.07) is 5.20. The van der Waals surface area contributed by atoms with Gasteiger partial charge < -0.3 is 24.8 Å². The number of carbonyl (C=O) groups excluding carboxylic acids is 2. The molecule has 0 aromatic carbocycles. The van der Waals surface area contributed by atoms with Crippen LogP contribution in [0.15, 0.2) is 24.4 Å². The van der Waals surface area contributed by atoms with Crippen molar-refractivity contribution < 1.29 is 23.8 Å². The van der Waals surface area contributed by atoms with Gasteiger partial charge in [0.1, 0.15) is 6.10 Å². The predicted molar refractivity (Wildman–Crippen MR) is 96.6 cm³/mol. The molecule has 1 aromatic rings. The molecule has 1 unspecified atom stereocenters. The third-order valence-corrected chi connectivity index (χ3v) is 4.95. The van der Waals surface area contributed by atoms with E-state index in [1.165, 1.54) is 0 Å². The third-order valence-electron chi connectivity index (χ3n) is 4.95. The zero-order valence-electron chi connectivity index (χ0n) is 15.7. The fourth-order valence-electron chi connectivity index (χ4n) is 3.42. The summed E-state index contributed by atoms with van der Waals surface area (Å²) in [6.07, 6.45) is 3.01. The van der Waals surface area contributed by atoms with Crippen molar-refractivity contribution in [3.63, 3.8) is 0 Å². The molecule has 0 bridgehead atoms. The Morgan fingerprint density at radius 2 is 2.22 bits per heavy atom. The van der Waals surface area contributed by atoms with Gasteiger partial charge in [-0.15, -0.1) is 0 Å². The predicted octanol–water partition coefficient (Wildman–Crippen LogP) is 1.74. The Labute approximate surface area is 159 Å². The van der Waals surface area contributed by atoms with E-state index in [4.69, 9.17) is 14.2 Å². The maximum Gasteiger partial charge on any atom is 0.407 e. The molecule has 8 nitrogen and oxygen atoms in total. The lowest BCUT2D eigenvalue weighted by molar-refractivity contribution is -0.205. The first-order chi connectivity index (χ1) is 13.0. The summed E-state index contributed by atoms with van der Waals surface area (Å²) in [6.45, 7) is 4.60. The van der Waals surface area contributed by atoms with Crippen LogP contribution in [0.4, 0.5) is 4.79 Å². The Morgan fingerprint density at radius 1 is 1.37 bits per heavy atom. The van der Waals surface area contributed by atoms with E-state index in [1.807, 2.05) is 25.1 Å². The van der Waals surface area contributed by atoms with Crippen molar-refractivity contribution >= 4 is 12.0 Å². The summed E-state index contributed by atoms with van der Waals surface area (Å²) in [7, 11) is 0. The first kappa shape index (κ1) is 19.6. The van der Waals surface area contributed by atoms with Crippen LogP contribution in [-0.4, -0.2) is 48.1 Å². The van der Waals surface area contributed by atoms with Gasteiger partial charge in [0.15, 0.2) is 6.29 Å². The molecule has 3 heterocycles. The lowest BCUT2D eigenvalue weighted by Crippen LogP contribution is -2.67. The summed E-state index contributed by atoms with van der Waals surface area (Å²) in [5, 5.41) is 5.48. The second-order valence-corrected chi connectivity index (χ2v) is 6.98. The normalized spacial score (nSPS) is 27.0. The molecule has 0 saturated carbocycles. The summed E-state index contributed by atoms with van der Waals surface area (Å²) in [5.41, 5.74) is 0.742. The molecule has 27 heavy (non-hydrogen) atoms. The van der Waals surface area contributed by atoms with E-state index in [9.17, 15) is 9.59 Å². The molecular weight excluding hydrogens is 350 g/mol. The van der Waals surface area contributed by atoms with Crippen molar-refractivity contribution in [2.24, 2.45) is 5.92 Å². The quantitative estimate of drug-likeness (QED) is 0.703. The van der Waals surface area contributed by atoms with Crippen LogP contribution >= 0.6 is 0 Å². The van der Waals surface area contributed by atoms with Crippen molar-refractivity contribution in [3.8, 4) is 0 Å². The van der Waals surface area contributed by atoms with Crippen molar-refractivity contribution in [2.45, 2.75) is 64.2 Å². The average molecular weight is 377 g/mol. The van der Waals surface area contributed by atoms with E-state index in [0.717, 1.165) is 25.0 Å². The van der Waals surface area contributed by atoms with Crippen molar-refractivity contribution in [2.75, 3.05) is 6.61 Å². The summed E-state index contributed by atoms with van der Waals surface area (Å²) >= 11 is 0. The number of carbonyl (C=O) groups is 2. The fraction of sp³-hybridized carbons (Fsp3) is 0.632. The van der Waals surface area contributed by atoms with Crippen molar-refractivity contribution in [3.05, 3.63) is 30.1 Å². The lowest BCUT2D eigenvalue weighted by atomic mass is 9.83. The molecular formula is C19H27N3O5. The highest BCUT2D eigenvalue weighted by Crippen LogP contribution is 2.28. The Bertz CT molecular complexity index is 635. The number of hydrogen-bond donors (Lipinski definition) is 2. The van der Waals surface area contributed by atoms with Gasteiger partial charge in [-0.1, -0.05) is 6.07 Å². The number of hydrogen-bond acceptors (Lipinski definition) is 6. The van der Waals surface area contributed by atoms with Crippen LogP contribution in [0.3, 0.4) is 0 Å². The number of rotatable bonds is 7. The number of nitrogens with zero attached hydrogens (tertiary/aromatic N) is 1. The molecule has 0 spiro atoms.